The lowest BCUT2D eigenvalue weighted by atomic mass is 10.0. The first-order valence-corrected chi connectivity index (χ1v) is 13.7. The molecule has 176 valence electrons. The number of rotatable bonds is 8. The normalized spacial score (nSPS) is 12.4. The second-order valence-electron chi connectivity index (χ2n) is 7.91. The number of sulfone groups is 1. The third-order valence-electron chi connectivity index (χ3n) is 5.39. The number of hydrogen-bond donors (Lipinski definition) is 0. The van der Waals surface area contributed by atoms with Crippen molar-refractivity contribution in [2.45, 2.75) is 24.8 Å². The van der Waals surface area contributed by atoms with E-state index in [0.29, 0.717) is 30.1 Å². The van der Waals surface area contributed by atoms with Crippen LogP contribution in [0.4, 0.5) is 0 Å². The highest BCUT2D eigenvalue weighted by atomic mass is 32.2. The van der Waals surface area contributed by atoms with Gasteiger partial charge in [-0.1, -0.05) is 53.8 Å². The first-order chi connectivity index (χ1) is 16.3. The molecule has 3 aromatic carbocycles. The van der Waals surface area contributed by atoms with E-state index in [1.807, 2.05) is 41.8 Å². The maximum Gasteiger partial charge on any atom is 0.279 e. The van der Waals surface area contributed by atoms with E-state index in [0.717, 1.165) is 22.2 Å². The van der Waals surface area contributed by atoms with E-state index in [1.54, 1.807) is 30.3 Å². The van der Waals surface area contributed by atoms with Crippen molar-refractivity contribution >= 4 is 37.3 Å². The van der Waals surface area contributed by atoms with Crippen LogP contribution in [0.2, 0.25) is 0 Å². The van der Waals surface area contributed by atoms with Crippen LogP contribution < -0.4 is 4.80 Å². The van der Waals surface area contributed by atoms with Crippen LogP contribution in [-0.2, 0) is 27.5 Å². The molecule has 1 heterocycles. The van der Waals surface area contributed by atoms with Crippen molar-refractivity contribution < 1.29 is 17.9 Å². The molecular formula is C26H26N2O4S2. The summed E-state index contributed by atoms with van der Waals surface area (Å²) < 4.78 is 32.1. The second kappa shape index (κ2) is 10.5. The average molecular weight is 495 g/mol. The monoisotopic (exact) mass is 494 g/mol. The lowest BCUT2D eigenvalue weighted by Crippen LogP contribution is -2.19. The van der Waals surface area contributed by atoms with Crippen LogP contribution in [-0.4, -0.2) is 38.4 Å². The molecule has 0 fully saturated rings. The zero-order chi connectivity index (χ0) is 24.1. The maximum absolute atomic E-state index is 13.0. The van der Waals surface area contributed by atoms with Crippen molar-refractivity contribution in [2.75, 3.05) is 19.5 Å². The molecule has 4 rings (SSSR count). The minimum Gasteiger partial charge on any atom is -0.380 e. The number of amides is 1. The Kier molecular flexibility index (Phi) is 7.41. The van der Waals surface area contributed by atoms with E-state index >= 15 is 0 Å². The molecule has 8 heteroatoms. The van der Waals surface area contributed by atoms with Crippen LogP contribution in [0, 0.1) is 0 Å². The largest absolute Gasteiger partial charge is 0.380 e. The lowest BCUT2D eigenvalue weighted by molar-refractivity contribution is 0.0996. The van der Waals surface area contributed by atoms with Gasteiger partial charge in [0, 0.05) is 25.0 Å². The third kappa shape index (κ3) is 5.70. The molecule has 1 amide bonds. The number of ether oxygens (including phenoxy) is 1. The van der Waals surface area contributed by atoms with Crippen molar-refractivity contribution in [1.29, 1.82) is 0 Å². The predicted octanol–water partition coefficient (Wildman–Crippen LogP) is 4.47. The topological polar surface area (TPSA) is 77.7 Å². The predicted molar refractivity (Wildman–Crippen MR) is 135 cm³/mol. The number of carbonyl (C=O) groups excluding carboxylic acids is 1. The number of hydrogen-bond acceptors (Lipinski definition) is 5. The fourth-order valence-corrected chi connectivity index (χ4v) is 5.45. The minimum atomic E-state index is -3.34. The molecule has 34 heavy (non-hydrogen) atoms. The Morgan fingerprint density at radius 1 is 1.00 bits per heavy atom. The summed E-state index contributed by atoms with van der Waals surface area (Å²) in [5.74, 6) is -0.341. The van der Waals surface area contributed by atoms with E-state index < -0.39 is 9.84 Å². The molecule has 0 N–H and O–H groups in total. The van der Waals surface area contributed by atoms with Crippen molar-refractivity contribution in [3.05, 3.63) is 94.3 Å². The molecule has 0 bridgehead atoms. The van der Waals surface area contributed by atoms with Gasteiger partial charge in [-0.3, -0.25) is 4.79 Å². The number of thiazole rings is 1. The molecule has 0 radical (unpaired) electrons. The maximum atomic E-state index is 13.0. The summed E-state index contributed by atoms with van der Waals surface area (Å²) in [5.41, 5.74) is 3.65. The average Bonchev–Trinajstić information content (AvgIpc) is 3.16. The first kappa shape index (κ1) is 24.1. The number of nitrogens with zero attached hydrogens (tertiary/aromatic N) is 2. The van der Waals surface area contributed by atoms with Gasteiger partial charge in [0.05, 0.1) is 21.7 Å². The Hall–Kier alpha value is -3.07. The zero-order valence-electron chi connectivity index (χ0n) is 19.1. The van der Waals surface area contributed by atoms with Crippen molar-refractivity contribution in [2.24, 2.45) is 4.99 Å². The summed E-state index contributed by atoms with van der Waals surface area (Å²) >= 11 is 1.30. The highest BCUT2D eigenvalue weighted by molar-refractivity contribution is 7.90. The Morgan fingerprint density at radius 2 is 1.71 bits per heavy atom. The van der Waals surface area contributed by atoms with Gasteiger partial charge in [-0.2, -0.15) is 4.99 Å². The van der Waals surface area contributed by atoms with Crippen LogP contribution in [0.1, 0.15) is 28.4 Å². The molecule has 6 nitrogen and oxygen atoms in total. The fourth-order valence-electron chi connectivity index (χ4n) is 3.63. The standard InChI is InChI=1S/C26H26N2O4S2/c1-3-32-16-15-28-23-14-13-22(34(2,30)31)18-24(23)33-26(28)27-25(29)21-11-9-20(10-12-21)17-19-7-5-4-6-8-19/h4-14,18H,3,15-17H2,1-2H3. The van der Waals surface area contributed by atoms with E-state index in [-0.39, 0.29) is 10.8 Å². The van der Waals surface area contributed by atoms with Gasteiger partial charge in [0.25, 0.3) is 5.91 Å². The highest BCUT2D eigenvalue weighted by Gasteiger charge is 2.13. The van der Waals surface area contributed by atoms with Gasteiger partial charge in [-0.25, -0.2) is 8.42 Å². The summed E-state index contributed by atoms with van der Waals surface area (Å²) in [6.45, 7) is 3.48. The number of fused-ring (bicyclic) bond motifs is 1. The van der Waals surface area contributed by atoms with Crippen molar-refractivity contribution in [3.8, 4) is 0 Å². The van der Waals surface area contributed by atoms with E-state index in [9.17, 15) is 13.2 Å². The molecule has 0 atom stereocenters. The molecule has 0 saturated carbocycles. The van der Waals surface area contributed by atoms with Crippen LogP contribution in [0.25, 0.3) is 10.2 Å². The van der Waals surface area contributed by atoms with Crippen LogP contribution in [0.15, 0.2) is 82.7 Å². The Bertz CT molecular complexity index is 1470. The van der Waals surface area contributed by atoms with Gasteiger partial charge in [0.15, 0.2) is 14.6 Å². The van der Waals surface area contributed by atoms with Crippen molar-refractivity contribution in [3.63, 3.8) is 0 Å². The van der Waals surface area contributed by atoms with E-state index in [4.69, 9.17) is 4.74 Å². The Labute approximate surface area is 203 Å². The lowest BCUT2D eigenvalue weighted by Gasteiger charge is -2.06. The SMILES string of the molecule is CCOCCn1c(=NC(=O)c2ccc(Cc3ccccc3)cc2)sc2cc(S(C)(=O)=O)ccc21. The summed E-state index contributed by atoms with van der Waals surface area (Å²) in [6.07, 6.45) is 1.98. The second-order valence-corrected chi connectivity index (χ2v) is 10.9. The number of aromatic nitrogens is 1. The summed E-state index contributed by atoms with van der Waals surface area (Å²) in [7, 11) is -3.34. The van der Waals surface area contributed by atoms with Crippen LogP contribution >= 0.6 is 11.3 Å². The Morgan fingerprint density at radius 3 is 2.38 bits per heavy atom. The zero-order valence-corrected chi connectivity index (χ0v) is 20.7. The molecule has 0 unspecified atom stereocenters. The van der Waals surface area contributed by atoms with Gasteiger partial charge in [0.1, 0.15) is 0 Å². The Balaban J connectivity index is 1.66. The molecular weight excluding hydrogens is 468 g/mol. The summed E-state index contributed by atoms with van der Waals surface area (Å²) in [5, 5.41) is 0. The highest BCUT2D eigenvalue weighted by Crippen LogP contribution is 2.22. The quantitative estimate of drug-likeness (QED) is 0.339. The first-order valence-electron chi connectivity index (χ1n) is 11.0. The molecule has 0 spiro atoms. The molecule has 1 aromatic heterocycles. The molecule has 0 aliphatic carbocycles. The molecule has 0 aliphatic heterocycles. The molecule has 0 saturated heterocycles. The van der Waals surface area contributed by atoms with E-state index in [2.05, 4.69) is 17.1 Å². The minimum absolute atomic E-state index is 0.241. The van der Waals surface area contributed by atoms with Gasteiger partial charge in [-0.05, 0) is 54.8 Å². The fraction of sp³-hybridized carbons (Fsp3) is 0.231. The third-order valence-corrected chi connectivity index (χ3v) is 7.55. The molecule has 4 aromatic rings. The van der Waals surface area contributed by atoms with E-state index in [1.165, 1.54) is 23.2 Å². The van der Waals surface area contributed by atoms with Gasteiger partial charge < -0.3 is 9.30 Å². The van der Waals surface area contributed by atoms with Crippen LogP contribution in [0.3, 0.4) is 0 Å². The van der Waals surface area contributed by atoms with Gasteiger partial charge >= 0.3 is 0 Å². The number of benzene rings is 3. The summed E-state index contributed by atoms with van der Waals surface area (Å²) in [6, 6.07) is 22.6. The van der Waals surface area contributed by atoms with Crippen molar-refractivity contribution in [1.82, 2.24) is 4.57 Å². The summed E-state index contributed by atoms with van der Waals surface area (Å²) in [4.78, 5) is 18.1. The van der Waals surface area contributed by atoms with Gasteiger partial charge in [0.2, 0.25) is 0 Å². The van der Waals surface area contributed by atoms with Gasteiger partial charge in [-0.15, -0.1) is 0 Å². The smallest absolute Gasteiger partial charge is 0.279 e. The number of carbonyl (C=O) groups is 1. The molecule has 0 aliphatic rings. The van der Waals surface area contributed by atoms with Crippen LogP contribution in [0.5, 0.6) is 0 Å².